The quantitative estimate of drug-likeness (QED) is 0.759. The number of para-hydroxylation sites is 1. The number of nitrogens with one attached hydrogen (secondary N) is 2. The first kappa shape index (κ1) is 16.8. The maximum absolute atomic E-state index is 12.6. The van der Waals surface area contributed by atoms with E-state index in [1.54, 1.807) is 6.20 Å². The predicted molar refractivity (Wildman–Crippen MR) is 101 cm³/mol. The first-order valence-electron chi connectivity index (χ1n) is 8.84. The molecular formula is C20H22N4O2. The highest BCUT2D eigenvalue weighted by Gasteiger charge is 2.13. The number of pyridine rings is 1. The molecule has 6 heteroatoms. The molecule has 2 aromatic heterocycles. The van der Waals surface area contributed by atoms with Gasteiger partial charge in [-0.1, -0.05) is 18.2 Å². The fraction of sp³-hybridized carbons (Fsp3) is 0.300. The van der Waals surface area contributed by atoms with Gasteiger partial charge in [0, 0.05) is 36.7 Å². The lowest BCUT2D eigenvalue weighted by molar-refractivity contribution is 0.0342. The number of anilines is 1. The number of H-pyrrole nitrogens is 1. The fourth-order valence-electron chi connectivity index (χ4n) is 3.27. The third kappa shape index (κ3) is 3.61. The van der Waals surface area contributed by atoms with Crippen molar-refractivity contribution < 1.29 is 9.53 Å². The summed E-state index contributed by atoms with van der Waals surface area (Å²) in [4.78, 5) is 22.4. The highest BCUT2D eigenvalue weighted by molar-refractivity contribution is 6.05. The van der Waals surface area contributed by atoms with Gasteiger partial charge in [0.15, 0.2) is 0 Å². The predicted octanol–water partition coefficient (Wildman–Crippen LogP) is 2.96. The van der Waals surface area contributed by atoms with E-state index in [-0.39, 0.29) is 5.91 Å². The molecule has 1 saturated heterocycles. The number of amides is 1. The summed E-state index contributed by atoms with van der Waals surface area (Å²) in [7, 11) is 0. The normalized spacial score (nSPS) is 15.3. The van der Waals surface area contributed by atoms with Gasteiger partial charge < -0.3 is 15.0 Å². The number of aromatic nitrogens is 2. The van der Waals surface area contributed by atoms with Crippen LogP contribution in [0.1, 0.15) is 21.6 Å². The zero-order valence-electron chi connectivity index (χ0n) is 14.8. The molecule has 3 heterocycles. The standard InChI is InChI=1S/C20H22N4O2/c1-14-3-2-4-16-12-17(22-19(14)16)20(25)23-18-11-15(5-6-21-18)13-24-7-9-26-10-8-24/h2-6,11-12,22H,7-10,13H2,1H3,(H,21,23,25). The van der Waals surface area contributed by atoms with Crippen LogP contribution in [0.15, 0.2) is 42.6 Å². The van der Waals surface area contributed by atoms with Crippen LogP contribution in [-0.4, -0.2) is 47.1 Å². The fourth-order valence-corrected chi connectivity index (χ4v) is 3.27. The lowest BCUT2D eigenvalue weighted by Gasteiger charge is -2.26. The van der Waals surface area contributed by atoms with E-state index in [4.69, 9.17) is 4.74 Å². The van der Waals surface area contributed by atoms with Gasteiger partial charge in [0.1, 0.15) is 11.5 Å². The Bertz CT molecular complexity index is 928. The Labute approximate surface area is 152 Å². The number of carbonyl (C=O) groups excluding carboxylic acids is 1. The maximum atomic E-state index is 12.6. The molecule has 6 nitrogen and oxygen atoms in total. The number of ether oxygens (including phenoxy) is 1. The van der Waals surface area contributed by atoms with Gasteiger partial charge in [0.05, 0.1) is 13.2 Å². The molecule has 1 aromatic carbocycles. The molecule has 1 fully saturated rings. The van der Waals surface area contributed by atoms with E-state index in [2.05, 4.69) is 20.2 Å². The average molecular weight is 350 g/mol. The number of morpholine rings is 1. The Morgan fingerprint density at radius 3 is 2.92 bits per heavy atom. The first-order valence-corrected chi connectivity index (χ1v) is 8.84. The number of fused-ring (bicyclic) bond motifs is 1. The van der Waals surface area contributed by atoms with Gasteiger partial charge in [-0.2, -0.15) is 0 Å². The zero-order valence-corrected chi connectivity index (χ0v) is 14.8. The molecule has 0 bridgehead atoms. The van der Waals surface area contributed by atoms with Gasteiger partial charge in [0.25, 0.3) is 5.91 Å². The molecule has 0 atom stereocenters. The monoisotopic (exact) mass is 350 g/mol. The third-order valence-corrected chi connectivity index (χ3v) is 4.68. The van der Waals surface area contributed by atoms with Gasteiger partial charge in [-0.05, 0) is 36.2 Å². The van der Waals surface area contributed by atoms with Crippen molar-refractivity contribution >= 4 is 22.6 Å². The Morgan fingerprint density at radius 1 is 1.27 bits per heavy atom. The molecular weight excluding hydrogens is 328 g/mol. The number of carbonyl (C=O) groups is 1. The molecule has 1 aliphatic heterocycles. The number of benzene rings is 1. The van der Waals surface area contributed by atoms with E-state index in [9.17, 15) is 4.79 Å². The zero-order chi connectivity index (χ0) is 17.9. The lowest BCUT2D eigenvalue weighted by Crippen LogP contribution is -2.35. The molecule has 1 aliphatic rings. The van der Waals surface area contributed by atoms with Crippen molar-refractivity contribution in [3.63, 3.8) is 0 Å². The number of hydrogen-bond acceptors (Lipinski definition) is 4. The van der Waals surface area contributed by atoms with Crippen molar-refractivity contribution in [1.82, 2.24) is 14.9 Å². The van der Waals surface area contributed by atoms with Gasteiger partial charge in [-0.25, -0.2) is 4.98 Å². The number of rotatable bonds is 4. The van der Waals surface area contributed by atoms with Gasteiger partial charge in [-0.3, -0.25) is 9.69 Å². The van der Waals surface area contributed by atoms with Crippen LogP contribution >= 0.6 is 0 Å². The lowest BCUT2D eigenvalue weighted by atomic mass is 10.2. The molecule has 1 amide bonds. The molecule has 0 aliphatic carbocycles. The van der Waals surface area contributed by atoms with Crippen molar-refractivity contribution in [2.45, 2.75) is 13.5 Å². The molecule has 2 N–H and O–H groups in total. The molecule has 0 spiro atoms. The SMILES string of the molecule is Cc1cccc2cc(C(=O)Nc3cc(CN4CCOCC4)ccn3)[nH]c12. The van der Waals surface area contributed by atoms with E-state index >= 15 is 0 Å². The van der Waals surface area contributed by atoms with Crippen LogP contribution in [0.25, 0.3) is 10.9 Å². The van der Waals surface area contributed by atoms with Crippen molar-refractivity contribution in [2.75, 3.05) is 31.6 Å². The first-order chi connectivity index (χ1) is 12.7. The highest BCUT2D eigenvalue weighted by Crippen LogP contribution is 2.19. The highest BCUT2D eigenvalue weighted by atomic mass is 16.5. The third-order valence-electron chi connectivity index (χ3n) is 4.68. The van der Waals surface area contributed by atoms with Crippen LogP contribution in [-0.2, 0) is 11.3 Å². The minimum Gasteiger partial charge on any atom is -0.379 e. The Morgan fingerprint density at radius 2 is 2.12 bits per heavy atom. The van der Waals surface area contributed by atoms with Crippen LogP contribution < -0.4 is 5.32 Å². The summed E-state index contributed by atoms with van der Waals surface area (Å²) in [6.45, 7) is 6.26. The van der Waals surface area contributed by atoms with Crippen LogP contribution in [0.5, 0.6) is 0 Å². The van der Waals surface area contributed by atoms with Crippen LogP contribution in [0.2, 0.25) is 0 Å². The van der Waals surface area contributed by atoms with Crippen molar-refractivity contribution in [1.29, 1.82) is 0 Å². The smallest absolute Gasteiger partial charge is 0.273 e. The van der Waals surface area contributed by atoms with Gasteiger partial charge >= 0.3 is 0 Å². The summed E-state index contributed by atoms with van der Waals surface area (Å²) >= 11 is 0. The summed E-state index contributed by atoms with van der Waals surface area (Å²) < 4.78 is 5.38. The summed E-state index contributed by atoms with van der Waals surface area (Å²) in [5.74, 6) is 0.382. The van der Waals surface area contributed by atoms with Gasteiger partial charge in [-0.15, -0.1) is 0 Å². The number of hydrogen-bond donors (Lipinski definition) is 2. The molecule has 3 aromatic rings. The summed E-state index contributed by atoms with van der Waals surface area (Å²) in [5.41, 5.74) is 3.78. The second-order valence-corrected chi connectivity index (χ2v) is 6.61. The average Bonchev–Trinajstić information content (AvgIpc) is 3.09. The summed E-state index contributed by atoms with van der Waals surface area (Å²) in [6.07, 6.45) is 1.74. The van der Waals surface area contributed by atoms with E-state index in [1.165, 1.54) is 0 Å². The minimum atomic E-state index is -0.184. The van der Waals surface area contributed by atoms with Crippen molar-refractivity contribution in [3.05, 3.63) is 59.4 Å². The Kier molecular flexibility index (Phi) is 4.69. The second-order valence-electron chi connectivity index (χ2n) is 6.61. The number of aryl methyl sites for hydroxylation is 1. The second kappa shape index (κ2) is 7.27. The number of nitrogens with zero attached hydrogens (tertiary/aromatic N) is 2. The topological polar surface area (TPSA) is 70.2 Å². The van der Waals surface area contributed by atoms with Crippen LogP contribution in [0.3, 0.4) is 0 Å². The largest absolute Gasteiger partial charge is 0.379 e. The number of aromatic amines is 1. The maximum Gasteiger partial charge on any atom is 0.273 e. The molecule has 0 saturated carbocycles. The summed E-state index contributed by atoms with van der Waals surface area (Å²) in [6, 6.07) is 11.8. The van der Waals surface area contributed by atoms with Crippen molar-refractivity contribution in [2.24, 2.45) is 0 Å². The molecule has 4 rings (SSSR count). The Balaban J connectivity index is 1.48. The molecule has 26 heavy (non-hydrogen) atoms. The summed E-state index contributed by atoms with van der Waals surface area (Å²) in [5, 5.41) is 3.92. The molecule has 134 valence electrons. The van der Waals surface area contributed by atoms with Crippen LogP contribution in [0, 0.1) is 6.92 Å². The van der Waals surface area contributed by atoms with E-state index in [0.29, 0.717) is 11.5 Å². The van der Waals surface area contributed by atoms with E-state index in [1.807, 2.05) is 43.3 Å². The van der Waals surface area contributed by atoms with E-state index < -0.39 is 0 Å². The van der Waals surface area contributed by atoms with Crippen molar-refractivity contribution in [3.8, 4) is 0 Å². The van der Waals surface area contributed by atoms with E-state index in [0.717, 1.165) is 54.9 Å². The van der Waals surface area contributed by atoms with Gasteiger partial charge in [0.2, 0.25) is 0 Å². The molecule has 0 unspecified atom stereocenters. The van der Waals surface area contributed by atoms with Crippen LogP contribution in [0.4, 0.5) is 5.82 Å². The molecule has 0 radical (unpaired) electrons. The Hall–Kier alpha value is -2.70. The minimum absolute atomic E-state index is 0.184.